The van der Waals surface area contributed by atoms with Crippen LogP contribution in [0.1, 0.15) is 18.2 Å². The van der Waals surface area contributed by atoms with Gasteiger partial charge in [-0.2, -0.15) is 0 Å². The number of aromatic hydroxyl groups is 1. The molecule has 1 unspecified atom stereocenters. The summed E-state index contributed by atoms with van der Waals surface area (Å²) in [6, 6.07) is 7.05. The molecule has 0 bridgehead atoms. The molecular formula is C13H14N2O2. The molecular weight excluding hydrogens is 216 g/mol. The Balaban J connectivity index is 1.89. The van der Waals surface area contributed by atoms with Crippen LogP contribution in [-0.2, 0) is 0 Å². The molecule has 0 radical (unpaired) electrons. The van der Waals surface area contributed by atoms with Gasteiger partial charge in [0.15, 0.2) is 5.89 Å². The number of benzene rings is 1. The van der Waals surface area contributed by atoms with Crippen molar-refractivity contribution in [2.45, 2.75) is 12.3 Å². The first-order valence-electron chi connectivity index (χ1n) is 5.78. The standard InChI is InChI=1S/C13H14N2O2/c16-11-3-1-2-9(6-11)12-8-17-13(15-12)10-4-5-14-7-10/h1-3,6,8,10,14,16H,4-5,7H2. The Morgan fingerprint density at radius 3 is 3.12 bits per heavy atom. The van der Waals surface area contributed by atoms with Gasteiger partial charge in [-0.1, -0.05) is 12.1 Å². The van der Waals surface area contributed by atoms with Crippen molar-refractivity contribution >= 4 is 0 Å². The highest BCUT2D eigenvalue weighted by atomic mass is 16.3. The monoisotopic (exact) mass is 230 g/mol. The third-order valence-electron chi connectivity index (χ3n) is 3.07. The van der Waals surface area contributed by atoms with Gasteiger partial charge >= 0.3 is 0 Å². The quantitative estimate of drug-likeness (QED) is 0.829. The fourth-order valence-electron chi connectivity index (χ4n) is 2.14. The van der Waals surface area contributed by atoms with Crippen molar-refractivity contribution in [1.82, 2.24) is 10.3 Å². The summed E-state index contributed by atoms with van der Waals surface area (Å²) in [6.07, 6.45) is 2.72. The largest absolute Gasteiger partial charge is 0.508 e. The SMILES string of the molecule is Oc1cccc(-c2coc(C3CCNC3)n2)c1. The van der Waals surface area contributed by atoms with Crippen LogP contribution in [-0.4, -0.2) is 23.2 Å². The molecule has 4 heteroatoms. The lowest BCUT2D eigenvalue weighted by Gasteiger charge is -2.00. The predicted molar refractivity (Wildman–Crippen MR) is 63.8 cm³/mol. The zero-order valence-electron chi connectivity index (χ0n) is 9.39. The lowest BCUT2D eigenvalue weighted by molar-refractivity contribution is 0.457. The predicted octanol–water partition coefficient (Wildman–Crippen LogP) is 2.12. The van der Waals surface area contributed by atoms with Crippen LogP contribution in [0, 0.1) is 0 Å². The Morgan fingerprint density at radius 2 is 2.35 bits per heavy atom. The van der Waals surface area contributed by atoms with Crippen LogP contribution in [0.25, 0.3) is 11.3 Å². The third-order valence-corrected chi connectivity index (χ3v) is 3.07. The minimum Gasteiger partial charge on any atom is -0.508 e. The molecule has 0 saturated carbocycles. The van der Waals surface area contributed by atoms with E-state index in [2.05, 4.69) is 10.3 Å². The van der Waals surface area contributed by atoms with Gasteiger partial charge in [-0.15, -0.1) is 0 Å². The van der Waals surface area contributed by atoms with E-state index in [4.69, 9.17) is 4.42 Å². The third kappa shape index (κ3) is 2.03. The highest BCUT2D eigenvalue weighted by Gasteiger charge is 2.21. The number of aromatic nitrogens is 1. The van der Waals surface area contributed by atoms with Crippen molar-refractivity contribution in [2.24, 2.45) is 0 Å². The van der Waals surface area contributed by atoms with Crippen molar-refractivity contribution < 1.29 is 9.52 Å². The van der Waals surface area contributed by atoms with E-state index >= 15 is 0 Å². The molecule has 1 aliphatic rings. The van der Waals surface area contributed by atoms with E-state index in [1.54, 1.807) is 24.5 Å². The van der Waals surface area contributed by atoms with E-state index in [-0.39, 0.29) is 5.75 Å². The van der Waals surface area contributed by atoms with Crippen molar-refractivity contribution in [3.05, 3.63) is 36.4 Å². The van der Waals surface area contributed by atoms with Gasteiger partial charge in [0, 0.05) is 18.0 Å². The molecule has 4 nitrogen and oxygen atoms in total. The summed E-state index contributed by atoms with van der Waals surface area (Å²) >= 11 is 0. The maximum absolute atomic E-state index is 9.42. The zero-order chi connectivity index (χ0) is 11.7. The van der Waals surface area contributed by atoms with E-state index in [9.17, 15) is 5.11 Å². The Kier molecular flexibility index (Phi) is 2.57. The summed E-state index contributed by atoms with van der Waals surface area (Å²) in [7, 11) is 0. The molecule has 1 aromatic heterocycles. The van der Waals surface area contributed by atoms with Gasteiger partial charge in [-0.25, -0.2) is 4.98 Å². The second-order valence-corrected chi connectivity index (χ2v) is 4.31. The molecule has 0 aliphatic carbocycles. The number of hydrogen-bond donors (Lipinski definition) is 2. The van der Waals surface area contributed by atoms with Crippen LogP contribution in [0.4, 0.5) is 0 Å². The first-order chi connectivity index (χ1) is 8.33. The molecule has 1 atom stereocenters. The molecule has 1 fully saturated rings. The summed E-state index contributed by atoms with van der Waals surface area (Å²) in [4.78, 5) is 4.49. The van der Waals surface area contributed by atoms with Crippen molar-refractivity contribution in [3.63, 3.8) is 0 Å². The molecule has 3 rings (SSSR count). The van der Waals surface area contributed by atoms with Crippen LogP contribution in [0.5, 0.6) is 5.75 Å². The summed E-state index contributed by atoms with van der Waals surface area (Å²) in [5.41, 5.74) is 1.66. The van der Waals surface area contributed by atoms with Crippen molar-refractivity contribution in [3.8, 4) is 17.0 Å². The minimum atomic E-state index is 0.245. The Labute approximate surface area is 99.3 Å². The van der Waals surface area contributed by atoms with Crippen molar-refractivity contribution in [2.75, 3.05) is 13.1 Å². The molecule has 0 spiro atoms. The van der Waals surface area contributed by atoms with Crippen LogP contribution in [0.15, 0.2) is 34.9 Å². The average Bonchev–Trinajstić information content (AvgIpc) is 3.00. The highest BCUT2D eigenvalue weighted by molar-refractivity contribution is 5.59. The summed E-state index contributed by atoms with van der Waals surface area (Å²) in [5, 5.41) is 12.7. The minimum absolute atomic E-state index is 0.245. The molecule has 1 aliphatic heterocycles. The number of nitrogens with one attached hydrogen (secondary N) is 1. The number of hydrogen-bond acceptors (Lipinski definition) is 4. The van der Waals surface area contributed by atoms with Gasteiger partial charge in [-0.3, -0.25) is 0 Å². The Morgan fingerprint density at radius 1 is 1.41 bits per heavy atom. The van der Waals surface area contributed by atoms with Gasteiger partial charge in [0.25, 0.3) is 0 Å². The van der Waals surface area contributed by atoms with Crippen LogP contribution in [0.3, 0.4) is 0 Å². The molecule has 17 heavy (non-hydrogen) atoms. The maximum atomic E-state index is 9.42. The van der Waals surface area contributed by atoms with Gasteiger partial charge < -0.3 is 14.8 Å². The second-order valence-electron chi connectivity index (χ2n) is 4.31. The fourth-order valence-corrected chi connectivity index (χ4v) is 2.14. The molecule has 2 N–H and O–H groups in total. The number of oxazole rings is 1. The van der Waals surface area contributed by atoms with E-state index in [1.807, 2.05) is 6.07 Å². The summed E-state index contributed by atoms with van der Waals surface area (Å²) in [5.74, 6) is 1.41. The fraction of sp³-hybridized carbons (Fsp3) is 0.308. The van der Waals surface area contributed by atoms with Crippen LogP contribution in [0.2, 0.25) is 0 Å². The second kappa shape index (κ2) is 4.22. The molecule has 1 saturated heterocycles. The number of nitrogens with zero attached hydrogens (tertiary/aromatic N) is 1. The number of phenols is 1. The van der Waals surface area contributed by atoms with Gasteiger partial charge in [0.05, 0.1) is 0 Å². The van der Waals surface area contributed by atoms with E-state index in [0.717, 1.165) is 36.7 Å². The lowest BCUT2D eigenvalue weighted by atomic mass is 10.1. The van der Waals surface area contributed by atoms with Crippen LogP contribution < -0.4 is 5.32 Å². The normalized spacial score (nSPS) is 19.6. The van der Waals surface area contributed by atoms with Crippen molar-refractivity contribution in [1.29, 1.82) is 0 Å². The first-order valence-corrected chi connectivity index (χ1v) is 5.78. The molecule has 2 aromatic rings. The summed E-state index contributed by atoms with van der Waals surface area (Å²) in [6.45, 7) is 1.95. The summed E-state index contributed by atoms with van der Waals surface area (Å²) < 4.78 is 5.51. The topological polar surface area (TPSA) is 58.3 Å². The lowest BCUT2D eigenvalue weighted by Crippen LogP contribution is -2.08. The molecule has 0 amide bonds. The molecule has 88 valence electrons. The van der Waals surface area contributed by atoms with E-state index < -0.39 is 0 Å². The maximum Gasteiger partial charge on any atom is 0.199 e. The Hall–Kier alpha value is -1.81. The van der Waals surface area contributed by atoms with Gasteiger partial charge in [0.1, 0.15) is 17.7 Å². The molecule has 2 heterocycles. The molecule has 1 aromatic carbocycles. The van der Waals surface area contributed by atoms with E-state index in [0.29, 0.717) is 5.92 Å². The van der Waals surface area contributed by atoms with Gasteiger partial charge in [0.2, 0.25) is 0 Å². The first kappa shape index (κ1) is 10.4. The number of phenolic OH excluding ortho intramolecular Hbond substituents is 1. The van der Waals surface area contributed by atoms with Gasteiger partial charge in [-0.05, 0) is 25.1 Å². The zero-order valence-corrected chi connectivity index (χ0v) is 9.39. The smallest absolute Gasteiger partial charge is 0.199 e. The Bertz CT molecular complexity index is 516. The van der Waals surface area contributed by atoms with Crippen LogP contribution >= 0.6 is 0 Å². The van der Waals surface area contributed by atoms with E-state index in [1.165, 1.54) is 0 Å². The highest BCUT2D eigenvalue weighted by Crippen LogP contribution is 2.27. The number of rotatable bonds is 2. The average molecular weight is 230 g/mol.